The van der Waals surface area contributed by atoms with Crippen LogP contribution in [0.15, 0.2) is 0 Å². The maximum Gasteiger partial charge on any atom is 0.314 e. The lowest BCUT2D eigenvalue weighted by Gasteiger charge is -2.39. The van der Waals surface area contributed by atoms with Crippen molar-refractivity contribution in [3.05, 3.63) is 0 Å². The summed E-state index contributed by atoms with van der Waals surface area (Å²) in [7, 11) is -4.76. The molecule has 0 saturated carbocycles. The van der Waals surface area contributed by atoms with Crippen LogP contribution in [0, 0.1) is 0 Å². The number of hydrogen-bond donors (Lipinski definition) is 1. The standard InChI is InChI=1S/C31H69O13Si3/c1-31(2)46(5,6)44-47(7,43-45(3)4)30-8-10-33-12-14-35-16-18-37-20-22-39-24-26-41-28-29-42-27-25-40-23-21-38-19-17-36-15-13-34-11-9-32/h31-32H,8-30H2,1-7H3. The Bertz CT molecular complexity index is 654. The third-order valence-corrected chi connectivity index (χ3v) is 18.0. The number of aliphatic hydroxyl groups is 1. The van der Waals surface area contributed by atoms with Gasteiger partial charge in [0.15, 0.2) is 17.4 Å². The van der Waals surface area contributed by atoms with Crippen molar-refractivity contribution in [2.45, 2.75) is 64.6 Å². The zero-order valence-electron chi connectivity index (χ0n) is 30.7. The van der Waals surface area contributed by atoms with Crippen LogP contribution < -0.4 is 0 Å². The Labute approximate surface area is 289 Å². The highest BCUT2D eigenvalue weighted by molar-refractivity contribution is 6.85. The highest BCUT2D eigenvalue weighted by Gasteiger charge is 2.40. The minimum absolute atomic E-state index is 0.0267. The lowest BCUT2D eigenvalue weighted by atomic mass is 10.5. The van der Waals surface area contributed by atoms with Gasteiger partial charge in [-0.3, -0.25) is 0 Å². The van der Waals surface area contributed by atoms with Gasteiger partial charge in [-0.1, -0.05) is 13.8 Å². The van der Waals surface area contributed by atoms with Crippen molar-refractivity contribution in [2.24, 2.45) is 0 Å². The minimum atomic E-state index is -2.19. The summed E-state index contributed by atoms with van der Waals surface area (Å²) in [6, 6.07) is 0.960. The third-order valence-electron chi connectivity index (χ3n) is 6.79. The quantitative estimate of drug-likeness (QED) is 0.0735. The monoisotopic (exact) mass is 733 g/mol. The first-order chi connectivity index (χ1) is 22.6. The molecular weight excluding hydrogens is 665 g/mol. The van der Waals surface area contributed by atoms with E-state index in [0.717, 1.165) is 12.5 Å². The van der Waals surface area contributed by atoms with Crippen LogP contribution in [-0.4, -0.2) is 170 Å². The molecule has 1 atom stereocenters. The normalized spacial score (nSPS) is 13.7. The molecule has 0 amide bonds. The van der Waals surface area contributed by atoms with Crippen LogP contribution in [0.1, 0.15) is 20.3 Å². The van der Waals surface area contributed by atoms with E-state index in [-0.39, 0.29) is 6.61 Å². The topological polar surface area (TPSA) is 131 Å². The van der Waals surface area contributed by atoms with Gasteiger partial charge in [0.1, 0.15) is 0 Å². The van der Waals surface area contributed by atoms with E-state index in [9.17, 15) is 0 Å². The van der Waals surface area contributed by atoms with E-state index in [1.165, 1.54) is 0 Å². The molecule has 0 bridgehead atoms. The fourth-order valence-electron chi connectivity index (χ4n) is 3.87. The molecule has 0 saturated heterocycles. The van der Waals surface area contributed by atoms with Crippen LogP contribution in [0.4, 0.5) is 0 Å². The van der Waals surface area contributed by atoms with Crippen LogP contribution in [-0.2, 0) is 55.6 Å². The van der Waals surface area contributed by atoms with Gasteiger partial charge in [0.25, 0.3) is 0 Å². The molecule has 1 unspecified atom stereocenters. The highest BCUT2D eigenvalue weighted by atomic mass is 28.5. The number of aliphatic hydroxyl groups excluding tert-OH is 1. The zero-order valence-corrected chi connectivity index (χ0v) is 33.7. The van der Waals surface area contributed by atoms with Crippen molar-refractivity contribution >= 4 is 25.9 Å². The average molecular weight is 734 g/mol. The molecule has 47 heavy (non-hydrogen) atoms. The smallest absolute Gasteiger partial charge is 0.314 e. The van der Waals surface area contributed by atoms with Crippen molar-refractivity contribution < 1.29 is 60.7 Å². The first-order valence-electron chi connectivity index (χ1n) is 17.2. The van der Waals surface area contributed by atoms with Crippen LogP contribution in [0.2, 0.25) is 44.3 Å². The first kappa shape index (κ1) is 47.1. The number of hydrogen-bond acceptors (Lipinski definition) is 13. The second-order valence-corrected chi connectivity index (χ2v) is 22.5. The summed E-state index contributed by atoms with van der Waals surface area (Å²) < 4.78 is 67.8. The van der Waals surface area contributed by atoms with E-state index >= 15 is 0 Å². The molecule has 0 aromatic rings. The van der Waals surface area contributed by atoms with E-state index < -0.39 is 25.9 Å². The molecule has 0 aromatic heterocycles. The molecule has 0 fully saturated rings. The second kappa shape index (κ2) is 33.3. The van der Waals surface area contributed by atoms with Gasteiger partial charge in [0.2, 0.25) is 0 Å². The van der Waals surface area contributed by atoms with Crippen molar-refractivity contribution in [2.75, 3.05) is 139 Å². The Kier molecular flexibility index (Phi) is 33.4. The average Bonchev–Trinajstić information content (AvgIpc) is 3.00. The van der Waals surface area contributed by atoms with Crippen molar-refractivity contribution in [3.63, 3.8) is 0 Å². The molecule has 283 valence electrons. The molecule has 0 aromatic carbocycles. The fraction of sp³-hybridized carbons (Fsp3) is 1.00. The van der Waals surface area contributed by atoms with Crippen molar-refractivity contribution in [1.29, 1.82) is 0 Å². The molecule has 0 aliphatic heterocycles. The molecule has 1 N–H and O–H groups in total. The van der Waals surface area contributed by atoms with E-state index in [2.05, 4.69) is 46.6 Å². The summed E-state index contributed by atoms with van der Waals surface area (Å²) in [6.07, 6.45) is 0.944. The Morgan fingerprint density at radius 1 is 0.468 bits per heavy atom. The van der Waals surface area contributed by atoms with E-state index in [1.54, 1.807) is 0 Å². The maximum absolute atomic E-state index is 8.59. The fourth-order valence-corrected chi connectivity index (χ4v) is 14.9. The van der Waals surface area contributed by atoms with Crippen LogP contribution in [0.5, 0.6) is 0 Å². The molecule has 13 nitrogen and oxygen atoms in total. The molecule has 0 aliphatic rings. The molecule has 1 radical (unpaired) electrons. The Morgan fingerprint density at radius 2 is 0.745 bits per heavy atom. The lowest BCUT2D eigenvalue weighted by Crippen LogP contribution is -2.51. The highest BCUT2D eigenvalue weighted by Crippen LogP contribution is 2.29. The molecule has 0 heterocycles. The van der Waals surface area contributed by atoms with Gasteiger partial charge in [-0.25, -0.2) is 0 Å². The summed E-state index contributed by atoms with van der Waals surface area (Å²) in [5.74, 6) is 0. The number of ether oxygens (including phenoxy) is 10. The van der Waals surface area contributed by atoms with E-state index in [0.29, 0.717) is 138 Å². The van der Waals surface area contributed by atoms with Crippen LogP contribution in [0.25, 0.3) is 0 Å². The van der Waals surface area contributed by atoms with Crippen molar-refractivity contribution in [3.8, 4) is 0 Å². The Morgan fingerprint density at radius 3 is 1.00 bits per heavy atom. The largest absolute Gasteiger partial charge is 0.436 e. The molecule has 0 rings (SSSR count). The zero-order chi connectivity index (χ0) is 34.9. The van der Waals surface area contributed by atoms with Gasteiger partial charge in [-0.2, -0.15) is 0 Å². The van der Waals surface area contributed by atoms with Crippen molar-refractivity contribution in [1.82, 2.24) is 0 Å². The first-order valence-corrected chi connectivity index (χ1v) is 25.1. The van der Waals surface area contributed by atoms with Gasteiger partial charge in [0.05, 0.1) is 132 Å². The summed E-state index contributed by atoms with van der Waals surface area (Å²) in [5, 5.41) is 8.59. The summed E-state index contributed by atoms with van der Waals surface area (Å²) in [5.41, 5.74) is 0.563. The van der Waals surface area contributed by atoms with Crippen LogP contribution >= 0.6 is 0 Å². The summed E-state index contributed by atoms with van der Waals surface area (Å²) in [6.45, 7) is 26.0. The lowest BCUT2D eigenvalue weighted by molar-refractivity contribution is -0.0268. The number of rotatable bonds is 38. The summed E-state index contributed by atoms with van der Waals surface area (Å²) >= 11 is 0. The third kappa shape index (κ3) is 33.1. The SMILES string of the molecule is CC(C)[Si](C)(C)O[Si](C)(CCCOCCOCCOCCOCCOCCOCCOCCOCCOCCOCCO)O[Si](C)C. The van der Waals surface area contributed by atoms with Gasteiger partial charge < -0.3 is 60.7 Å². The van der Waals surface area contributed by atoms with Gasteiger partial charge >= 0.3 is 8.56 Å². The summed E-state index contributed by atoms with van der Waals surface area (Å²) in [4.78, 5) is 0. The second-order valence-electron chi connectivity index (χ2n) is 12.0. The predicted octanol–water partition coefficient (Wildman–Crippen LogP) is 3.51. The molecular formula is C31H69O13Si3. The molecule has 0 spiro atoms. The Balaban J connectivity index is 3.36. The van der Waals surface area contributed by atoms with E-state index in [4.69, 9.17) is 60.7 Å². The molecule has 0 aliphatic carbocycles. The minimum Gasteiger partial charge on any atom is -0.436 e. The van der Waals surface area contributed by atoms with E-state index in [1.807, 2.05) is 0 Å². The maximum atomic E-state index is 8.59. The Hall–Kier alpha value is 0.131. The van der Waals surface area contributed by atoms with Crippen LogP contribution in [0.3, 0.4) is 0 Å². The molecule has 16 heteroatoms. The van der Waals surface area contributed by atoms with Gasteiger partial charge in [0, 0.05) is 6.61 Å². The predicted molar refractivity (Wildman–Crippen MR) is 189 cm³/mol. The van der Waals surface area contributed by atoms with Gasteiger partial charge in [-0.05, 0) is 50.7 Å². The van der Waals surface area contributed by atoms with Gasteiger partial charge in [-0.15, -0.1) is 0 Å².